The van der Waals surface area contributed by atoms with Crippen LogP contribution in [0.15, 0.2) is 229 Å². The molecule has 4 heteroatoms. The monoisotopic (exact) mass is 791 g/mol. The molecule has 0 bridgehead atoms. The van der Waals surface area contributed by atoms with Crippen LogP contribution in [0.25, 0.3) is 98.8 Å². The molecule has 0 fully saturated rings. The second-order valence-electron chi connectivity index (χ2n) is 16.1. The summed E-state index contributed by atoms with van der Waals surface area (Å²) in [5.74, 6) is 0. The Morgan fingerprint density at radius 3 is 1.71 bits per heavy atom. The highest BCUT2D eigenvalue weighted by Gasteiger charge is 2.22. The number of furan rings is 1. The van der Waals surface area contributed by atoms with E-state index in [1.54, 1.807) is 0 Å². The van der Waals surface area contributed by atoms with Crippen LogP contribution in [0.5, 0.6) is 0 Å². The van der Waals surface area contributed by atoms with Crippen LogP contribution in [0.3, 0.4) is 0 Å². The lowest BCUT2D eigenvalue weighted by Gasteiger charge is -2.26. The average molecular weight is 792 g/mol. The molecule has 62 heavy (non-hydrogen) atoms. The van der Waals surface area contributed by atoms with E-state index in [4.69, 9.17) is 4.42 Å². The number of hydrogen-bond acceptors (Lipinski definition) is 2. The lowest BCUT2D eigenvalue weighted by Crippen LogP contribution is -2.10. The van der Waals surface area contributed by atoms with E-state index in [0.29, 0.717) is 0 Å². The highest BCUT2D eigenvalue weighted by atomic mass is 16.3. The van der Waals surface area contributed by atoms with Gasteiger partial charge in [-0.15, -0.1) is 0 Å². The molecule has 0 aliphatic carbocycles. The quantitative estimate of drug-likeness (QED) is 0.168. The Bertz CT molecular complexity index is 3850. The van der Waals surface area contributed by atoms with Gasteiger partial charge in [0.15, 0.2) is 5.58 Å². The molecule has 0 unspecified atom stereocenters. The number of para-hydroxylation sites is 5. The number of aromatic nitrogens is 2. The number of anilines is 3. The van der Waals surface area contributed by atoms with Crippen LogP contribution in [0, 0.1) is 0 Å². The summed E-state index contributed by atoms with van der Waals surface area (Å²) < 4.78 is 11.5. The van der Waals surface area contributed by atoms with Gasteiger partial charge in [0, 0.05) is 60.5 Å². The van der Waals surface area contributed by atoms with E-state index in [9.17, 15) is 0 Å². The fourth-order valence-electron chi connectivity index (χ4n) is 9.90. The Balaban J connectivity index is 0.945. The fourth-order valence-corrected chi connectivity index (χ4v) is 9.90. The molecule has 0 saturated carbocycles. The van der Waals surface area contributed by atoms with Crippen LogP contribution in [-0.2, 0) is 0 Å². The van der Waals surface area contributed by atoms with E-state index in [1.807, 2.05) is 6.07 Å². The standard InChI is InChI=1S/C58H37N3O/c1-2-14-41(15-3-1)60-52-21-9-7-18-47(52)51-37-44(34-36-54(51)60)59(55-23-12-20-50-48-19-8-11-24-56(48)62-58(50)55)42-30-25-38(26-31-42)39-27-32-43(33-28-39)61-53-22-10-6-17-46(53)49-35-29-40-13-4-5-16-45(40)57(49)61/h1-37H. The third-order valence-electron chi connectivity index (χ3n) is 12.7. The molecule has 0 spiro atoms. The molecule has 13 rings (SSSR count). The molecule has 13 aromatic rings. The molecular formula is C58H37N3O. The molecule has 0 atom stereocenters. The van der Waals surface area contributed by atoms with Crippen LogP contribution < -0.4 is 4.90 Å². The molecule has 0 aliphatic heterocycles. The summed E-state index contributed by atoms with van der Waals surface area (Å²) in [6.07, 6.45) is 0. The van der Waals surface area contributed by atoms with Gasteiger partial charge in [-0.05, 0) is 95.4 Å². The van der Waals surface area contributed by atoms with Crippen LogP contribution in [-0.4, -0.2) is 9.13 Å². The number of rotatable bonds is 6. The zero-order valence-electron chi connectivity index (χ0n) is 33.6. The average Bonchev–Trinajstić information content (AvgIpc) is 4.01. The van der Waals surface area contributed by atoms with E-state index < -0.39 is 0 Å². The summed E-state index contributed by atoms with van der Waals surface area (Å²) in [7, 11) is 0. The van der Waals surface area contributed by atoms with Crippen molar-refractivity contribution >= 4 is 93.4 Å². The minimum absolute atomic E-state index is 0.859. The second kappa shape index (κ2) is 13.6. The minimum atomic E-state index is 0.859. The Morgan fingerprint density at radius 1 is 0.339 bits per heavy atom. The third kappa shape index (κ3) is 5.20. The predicted octanol–water partition coefficient (Wildman–Crippen LogP) is 16.1. The van der Waals surface area contributed by atoms with Crippen LogP contribution in [0.4, 0.5) is 17.1 Å². The van der Waals surface area contributed by atoms with E-state index in [2.05, 4.69) is 232 Å². The maximum absolute atomic E-state index is 6.69. The summed E-state index contributed by atoms with van der Waals surface area (Å²) in [6.45, 7) is 0. The molecule has 0 N–H and O–H groups in total. The molecule has 10 aromatic carbocycles. The molecule has 0 amide bonds. The van der Waals surface area contributed by atoms with Crippen molar-refractivity contribution in [3.8, 4) is 22.5 Å². The number of fused-ring (bicyclic) bond motifs is 11. The molecule has 0 radical (unpaired) electrons. The van der Waals surface area contributed by atoms with Gasteiger partial charge < -0.3 is 18.5 Å². The molecular weight excluding hydrogens is 755 g/mol. The van der Waals surface area contributed by atoms with Crippen molar-refractivity contribution in [3.63, 3.8) is 0 Å². The van der Waals surface area contributed by atoms with Crippen molar-refractivity contribution < 1.29 is 4.42 Å². The van der Waals surface area contributed by atoms with E-state index in [0.717, 1.165) is 67.0 Å². The number of hydrogen-bond donors (Lipinski definition) is 0. The van der Waals surface area contributed by atoms with Crippen molar-refractivity contribution in [2.75, 3.05) is 4.90 Å². The predicted molar refractivity (Wildman–Crippen MR) is 260 cm³/mol. The van der Waals surface area contributed by atoms with Gasteiger partial charge in [0.1, 0.15) is 5.58 Å². The lowest BCUT2D eigenvalue weighted by molar-refractivity contribution is 0.669. The van der Waals surface area contributed by atoms with Crippen LogP contribution >= 0.6 is 0 Å². The SMILES string of the molecule is c1ccc(-n2c3ccccc3c3cc(N(c4ccc(-c5ccc(-n6c7ccccc7c7ccc8ccccc8c76)cc5)cc4)c4cccc5c4oc4ccccc45)ccc32)cc1. The van der Waals surface area contributed by atoms with Crippen molar-refractivity contribution in [2.45, 2.75) is 0 Å². The van der Waals surface area contributed by atoms with E-state index >= 15 is 0 Å². The second-order valence-corrected chi connectivity index (χ2v) is 16.1. The van der Waals surface area contributed by atoms with Crippen molar-refractivity contribution in [1.82, 2.24) is 9.13 Å². The topological polar surface area (TPSA) is 26.2 Å². The Labute approximate surface area is 357 Å². The van der Waals surface area contributed by atoms with Gasteiger partial charge in [0.2, 0.25) is 0 Å². The molecule has 0 aliphatic rings. The first-order valence-electron chi connectivity index (χ1n) is 21.2. The Kier molecular flexibility index (Phi) is 7.57. The lowest BCUT2D eigenvalue weighted by atomic mass is 10.0. The maximum atomic E-state index is 6.69. The molecule has 4 nitrogen and oxygen atoms in total. The third-order valence-corrected chi connectivity index (χ3v) is 12.7. The van der Waals surface area contributed by atoms with Gasteiger partial charge in [0.25, 0.3) is 0 Å². The largest absolute Gasteiger partial charge is 0.454 e. The first-order valence-corrected chi connectivity index (χ1v) is 21.2. The van der Waals surface area contributed by atoms with Gasteiger partial charge in [-0.25, -0.2) is 0 Å². The van der Waals surface area contributed by atoms with Gasteiger partial charge >= 0.3 is 0 Å². The summed E-state index contributed by atoms with van der Waals surface area (Å²) in [6, 6.07) is 80.8. The zero-order valence-corrected chi connectivity index (χ0v) is 33.6. The van der Waals surface area contributed by atoms with Crippen LogP contribution in [0.2, 0.25) is 0 Å². The summed E-state index contributed by atoms with van der Waals surface area (Å²) in [5.41, 5.74) is 14.2. The molecule has 290 valence electrons. The van der Waals surface area contributed by atoms with E-state index in [1.165, 1.54) is 48.9 Å². The van der Waals surface area contributed by atoms with Crippen molar-refractivity contribution in [3.05, 3.63) is 224 Å². The summed E-state index contributed by atoms with van der Waals surface area (Å²) >= 11 is 0. The zero-order chi connectivity index (χ0) is 40.7. The Hall–Kier alpha value is -8.34. The summed E-state index contributed by atoms with van der Waals surface area (Å²) in [5, 5.41) is 9.63. The normalized spacial score (nSPS) is 11.9. The number of nitrogens with zero attached hydrogens (tertiary/aromatic N) is 3. The Morgan fingerprint density at radius 2 is 0.919 bits per heavy atom. The maximum Gasteiger partial charge on any atom is 0.159 e. The van der Waals surface area contributed by atoms with E-state index in [-0.39, 0.29) is 0 Å². The summed E-state index contributed by atoms with van der Waals surface area (Å²) in [4.78, 5) is 2.35. The molecule has 3 heterocycles. The van der Waals surface area contributed by atoms with Gasteiger partial charge in [0.05, 0.1) is 27.8 Å². The fraction of sp³-hybridized carbons (Fsp3) is 0. The first kappa shape index (κ1) is 34.5. The molecule has 3 aromatic heterocycles. The first-order chi connectivity index (χ1) is 30.8. The van der Waals surface area contributed by atoms with Crippen molar-refractivity contribution in [1.29, 1.82) is 0 Å². The smallest absolute Gasteiger partial charge is 0.159 e. The molecule has 0 saturated heterocycles. The number of benzene rings is 10. The van der Waals surface area contributed by atoms with Crippen LogP contribution in [0.1, 0.15) is 0 Å². The van der Waals surface area contributed by atoms with Crippen molar-refractivity contribution in [2.24, 2.45) is 0 Å². The highest BCUT2D eigenvalue weighted by Crippen LogP contribution is 2.45. The van der Waals surface area contributed by atoms with Gasteiger partial charge in [-0.1, -0.05) is 146 Å². The highest BCUT2D eigenvalue weighted by molar-refractivity contribution is 6.19. The van der Waals surface area contributed by atoms with Gasteiger partial charge in [-0.2, -0.15) is 0 Å². The van der Waals surface area contributed by atoms with Gasteiger partial charge in [-0.3, -0.25) is 0 Å². The minimum Gasteiger partial charge on any atom is -0.454 e.